The number of pyridine rings is 1. The van der Waals surface area contributed by atoms with Crippen molar-refractivity contribution in [2.24, 2.45) is 18.9 Å². The lowest BCUT2D eigenvalue weighted by Gasteiger charge is -2.35. The van der Waals surface area contributed by atoms with Gasteiger partial charge in [-0.05, 0) is 62.6 Å². The van der Waals surface area contributed by atoms with Gasteiger partial charge in [-0.25, -0.2) is 9.97 Å². The highest BCUT2D eigenvalue weighted by Gasteiger charge is 2.44. The van der Waals surface area contributed by atoms with Gasteiger partial charge < -0.3 is 19.3 Å². The van der Waals surface area contributed by atoms with E-state index in [0.29, 0.717) is 31.1 Å². The zero-order valence-electron chi connectivity index (χ0n) is 19.1. The van der Waals surface area contributed by atoms with Gasteiger partial charge in [0.25, 0.3) is 5.91 Å². The number of carbonyl (C=O) groups excluding carboxylic acids is 1. The summed E-state index contributed by atoms with van der Waals surface area (Å²) in [5, 5.41) is 12.0. The van der Waals surface area contributed by atoms with Crippen molar-refractivity contribution < 1.29 is 14.6 Å². The Morgan fingerprint density at radius 3 is 2.59 bits per heavy atom. The molecule has 1 aromatic carbocycles. The Kier molecular flexibility index (Phi) is 5.16. The molecule has 1 amide bonds. The molecule has 1 saturated heterocycles. The maximum atomic E-state index is 12.9. The summed E-state index contributed by atoms with van der Waals surface area (Å²) in [4.78, 5) is 23.7. The van der Waals surface area contributed by atoms with Gasteiger partial charge in [-0.2, -0.15) is 0 Å². The van der Waals surface area contributed by atoms with Gasteiger partial charge in [0.2, 0.25) is 0 Å². The van der Waals surface area contributed by atoms with Gasteiger partial charge in [0, 0.05) is 37.4 Å². The van der Waals surface area contributed by atoms with Crippen LogP contribution in [-0.2, 0) is 7.05 Å². The molecule has 168 valence electrons. The van der Waals surface area contributed by atoms with E-state index in [9.17, 15) is 9.90 Å². The van der Waals surface area contributed by atoms with Gasteiger partial charge >= 0.3 is 0 Å². The van der Waals surface area contributed by atoms with Crippen molar-refractivity contribution in [1.29, 1.82) is 0 Å². The molecule has 2 fully saturated rings. The van der Waals surface area contributed by atoms with Crippen molar-refractivity contribution in [3.63, 3.8) is 0 Å². The highest BCUT2D eigenvalue weighted by atomic mass is 16.5. The summed E-state index contributed by atoms with van der Waals surface area (Å²) in [5.74, 6) is 1.32. The summed E-state index contributed by atoms with van der Waals surface area (Å²) >= 11 is 0. The van der Waals surface area contributed by atoms with Crippen molar-refractivity contribution in [3.05, 3.63) is 53.2 Å². The van der Waals surface area contributed by atoms with Crippen LogP contribution in [0.25, 0.3) is 10.9 Å². The number of imidazole rings is 1. The first kappa shape index (κ1) is 20.9. The van der Waals surface area contributed by atoms with E-state index in [-0.39, 0.29) is 17.9 Å². The number of carbonyl (C=O) groups is 1. The minimum Gasteiger partial charge on any atom is -0.485 e. The van der Waals surface area contributed by atoms with Crippen molar-refractivity contribution in [2.75, 3.05) is 13.1 Å². The Morgan fingerprint density at radius 2 is 1.88 bits per heavy atom. The molecule has 1 saturated carbocycles. The number of rotatable bonds is 3. The first-order valence-electron chi connectivity index (χ1n) is 11.3. The molecule has 0 unspecified atom stereocenters. The van der Waals surface area contributed by atoms with E-state index in [4.69, 9.17) is 9.72 Å². The third kappa shape index (κ3) is 3.64. The van der Waals surface area contributed by atoms with Crippen molar-refractivity contribution in [2.45, 2.75) is 45.8 Å². The molecule has 3 heterocycles. The minimum absolute atomic E-state index is 0.0352. The summed E-state index contributed by atoms with van der Waals surface area (Å²) in [6.07, 6.45) is 3.88. The van der Waals surface area contributed by atoms with E-state index in [0.717, 1.165) is 34.3 Å². The van der Waals surface area contributed by atoms with Crippen LogP contribution >= 0.6 is 0 Å². The summed E-state index contributed by atoms with van der Waals surface area (Å²) in [5.41, 5.74) is 4.47. The summed E-state index contributed by atoms with van der Waals surface area (Å²) in [7, 11) is 1.86. The zero-order valence-corrected chi connectivity index (χ0v) is 19.1. The van der Waals surface area contributed by atoms with E-state index in [2.05, 4.69) is 24.0 Å². The Balaban J connectivity index is 1.36. The van der Waals surface area contributed by atoms with Crippen LogP contribution in [0, 0.1) is 32.6 Å². The predicted molar refractivity (Wildman–Crippen MR) is 122 cm³/mol. The van der Waals surface area contributed by atoms with Crippen LogP contribution in [0.1, 0.15) is 40.2 Å². The molecule has 4 atom stereocenters. The lowest BCUT2D eigenvalue weighted by molar-refractivity contribution is -0.0228. The van der Waals surface area contributed by atoms with Gasteiger partial charge in [-0.1, -0.05) is 12.1 Å². The molecule has 1 aliphatic heterocycles. The van der Waals surface area contributed by atoms with Gasteiger partial charge in [-0.15, -0.1) is 0 Å². The number of amides is 1. The number of aliphatic hydroxyl groups is 1. The quantitative estimate of drug-likeness (QED) is 0.685. The third-order valence-corrected chi connectivity index (χ3v) is 7.03. The van der Waals surface area contributed by atoms with Gasteiger partial charge in [0.1, 0.15) is 23.1 Å². The SMILES string of the molecule is Cc1ccc2c(C)cc(C)c(O[C@@H]3C[C@@H]4CN(C(=O)c5cn(C)cn5)C[C@@H]4C[C@H]3O)c2n1. The van der Waals surface area contributed by atoms with Crippen LogP contribution in [0.3, 0.4) is 0 Å². The Hall–Kier alpha value is -2.93. The number of aliphatic hydroxyl groups excluding tert-OH is 1. The smallest absolute Gasteiger partial charge is 0.274 e. The Labute approximate surface area is 188 Å². The second kappa shape index (κ2) is 7.89. The maximum absolute atomic E-state index is 12.9. The molecular weight excluding hydrogens is 404 g/mol. The fourth-order valence-electron chi connectivity index (χ4n) is 5.37. The minimum atomic E-state index is -0.568. The molecule has 2 aromatic heterocycles. The topological polar surface area (TPSA) is 80.5 Å². The molecule has 0 spiro atoms. The number of likely N-dealkylation sites (tertiary alicyclic amines) is 1. The largest absolute Gasteiger partial charge is 0.485 e. The number of nitrogens with zero attached hydrogens (tertiary/aromatic N) is 4. The molecule has 2 aliphatic rings. The van der Waals surface area contributed by atoms with E-state index in [1.165, 1.54) is 5.56 Å². The fourth-order valence-corrected chi connectivity index (χ4v) is 5.37. The molecule has 7 nitrogen and oxygen atoms in total. The molecule has 0 radical (unpaired) electrons. The van der Waals surface area contributed by atoms with Crippen LogP contribution in [0.2, 0.25) is 0 Å². The highest BCUT2D eigenvalue weighted by molar-refractivity contribution is 5.92. The van der Waals surface area contributed by atoms with Gasteiger partial charge in [0.05, 0.1) is 12.4 Å². The van der Waals surface area contributed by atoms with E-state index in [1.807, 2.05) is 31.9 Å². The third-order valence-electron chi connectivity index (χ3n) is 7.03. The Morgan fingerprint density at radius 1 is 1.12 bits per heavy atom. The van der Waals surface area contributed by atoms with Crippen LogP contribution in [0.5, 0.6) is 5.75 Å². The number of aryl methyl sites for hydroxylation is 4. The standard InChI is InChI=1S/C25H30N4O3/c1-14-7-15(2)24(23-19(14)6-5-16(3)27-23)32-22-9-18-11-29(10-17(18)8-21(22)30)25(31)20-12-28(4)13-26-20/h5-7,12-13,17-18,21-22,30H,8-11H2,1-4H3/t17-,18+,21+,22+/m0/s1. The van der Waals surface area contributed by atoms with Crippen molar-refractivity contribution in [3.8, 4) is 5.75 Å². The van der Waals surface area contributed by atoms with Crippen LogP contribution < -0.4 is 4.74 Å². The zero-order chi connectivity index (χ0) is 22.6. The first-order valence-corrected chi connectivity index (χ1v) is 11.3. The summed E-state index contributed by atoms with van der Waals surface area (Å²) in [6.45, 7) is 7.44. The van der Waals surface area contributed by atoms with E-state index >= 15 is 0 Å². The second-order valence-corrected chi connectivity index (χ2v) is 9.54. The highest BCUT2D eigenvalue weighted by Crippen LogP contribution is 2.40. The van der Waals surface area contributed by atoms with Gasteiger partial charge in [0.15, 0.2) is 0 Å². The van der Waals surface area contributed by atoms with Crippen LogP contribution in [-0.4, -0.2) is 55.7 Å². The Bertz CT molecular complexity index is 1190. The number of hydrogen-bond acceptors (Lipinski definition) is 5. The van der Waals surface area contributed by atoms with Crippen molar-refractivity contribution >= 4 is 16.8 Å². The first-order chi connectivity index (χ1) is 15.3. The molecular formula is C25H30N4O3. The van der Waals surface area contributed by atoms with Crippen LogP contribution in [0.15, 0.2) is 30.7 Å². The molecule has 0 bridgehead atoms. The van der Waals surface area contributed by atoms with Crippen molar-refractivity contribution in [1.82, 2.24) is 19.4 Å². The number of fused-ring (bicyclic) bond motifs is 2. The normalized spacial score (nSPS) is 25.2. The average Bonchev–Trinajstić information content (AvgIpc) is 3.36. The number of benzene rings is 1. The van der Waals surface area contributed by atoms with E-state index in [1.54, 1.807) is 17.1 Å². The van der Waals surface area contributed by atoms with Crippen LogP contribution in [0.4, 0.5) is 0 Å². The maximum Gasteiger partial charge on any atom is 0.274 e. The molecule has 5 rings (SSSR count). The number of hydrogen-bond donors (Lipinski definition) is 1. The predicted octanol–water partition coefficient (Wildman–Crippen LogP) is 3.18. The molecule has 32 heavy (non-hydrogen) atoms. The molecule has 1 N–H and O–H groups in total. The molecule has 7 heteroatoms. The number of aromatic nitrogens is 3. The lowest BCUT2D eigenvalue weighted by Crippen LogP contribution is -2.42. The summed E-state index contributed by atoms with van der Waals surface area (Å²) < 4.78 is 8.27. The molecule has 3 aromatic rings. The second-order valence-electron chi connectivity index (χ2n) is 9.54. The average molecular weight is 435 g/mol. The monoisotopic (exact) mass is 434 g/mol. The van der Waals surface area contributed by atoms with Gasteiger partial charge in [-0.3, -0.25) is 4.79 Å². The lowest BCUT2D eigenvalue weighted by atomic mass is 9.78. The number of ether oxygens (including phenoxy) is 1. The summed E-state index contributed by atoms with van der Waals surface area (Å²) in [6, 6.07) is 6.22. The van der Waals surface area contributed by atoms with E-state index < -0.39 is 6.10 Å². The molecule has 1 aliphatic carbocycles. The fraction of sp³-hybridized carbons (Fsp3) is 0.480.